The number of hydrogen-bond donors (Lipinski definition) is 1. The molecule has 2 nitrogen and oxygen atoms in total. The highest BCUT2D eigenvalue weighted by atomic mass is 32.2. The van der Waals surface area contributed by atoms with Crippen molar-refractivity contribution in [3.8, 4) is 0 Å². The zero-order valence-corrected chi connectivity index (χ0v) is 11.0. The monoisotopic (exact) mass is 242 g/mol. The van der Waals surface area contributed by atoms with E-state index in [1.807, 2.05) is 0 Å². The van der Waals surface area contributed by atoms with Gasteiger partial charge in [0.1, 0.15) is 0 Å². The lowest BCUT2D eigenvalue weighted by Crippen LogP contribution is -2.25. The Morgan fingerprint density at radius 3 is 2.60 bits per heavy atom. The lowest BCUT2D eigenvalue weighted by molar-refractivity contribution is 0.423. The van der Waals surface area contributed by atoms with E-state index in [9.17, 15) is 0 Å². The van der Waals surface area contributed by atoms with Crippen LogP contribution in [-0.4, -0.2) is 11.0 Å². The minimum absolute atomic E-state index is 0.702. The second kappa shape index (κ2) is 5.32. The van der Waals surface area contributed by atoms with Crippen molar-refractivity contribution in [1.82, 2.24) is 9.71 Å². The summed E-state index contributed by atoms with van der Waals surface area (Å²) in [5, 5.41) is 0. The van der Waals surface area contributed by atoms with Crippen molar-refractivity contribution < 1.29 is 0 Å². The average molecular weight is 242 g/mol. The summed E-state index contributed by atoms with van der Waals surface area (Å²) in [6.07, 6.45) is 6.84. The fourth-order valence-electron chi connectivity index (χ4n) is 1.84. The Morgan fingerprint density at radius 1 is 1.27 bits per heavy atom. The van der Waals surface area contributed by atoms with Crippen molar-refractivity contribution in [2.24, 2.45) is 0 Å². The summed E-state index contributed by atoms with van der Waals surface area (Å²) in [5.41, 5.74) is 1.17. The molecule has 84 valence electrons. The molecule has 1 fully saturated rings. The predicted octanol–water partition coefficient (Wildman–Crippen LogP) is 3.69. The summed E-state index contributed by atoms with van der Waals surface area (Å²) in [5.74, 6) is 0. The molecule has 1 aromatic heterocycles. The van der Waals surface area contributed by atoms with E-state index in [1.165, 1.54) is 42.7 Å². The van der Waals surface area contributed by atoms with Crippen molar-refractivity contribution in [2.75, 3.05) is 0 Å². The molecule has 0 unspecified atom stereocenters. The molecule has 0 saturated heterocycles. The van der Waals surface area contributed by atoms with Crippen LogP contribution in [0.3, 0.4) is 0 Å². The van der Waals surface area contributed by atoms with Crippen LogP contribution in [0, 0.1) is 13.8 Å². The third kappa shape index (κ3) is 3.20. The molecule has 1 N–H and O–H groups in total. The van der Waals surface area contributed by atoms with Gasteiger partial charge in [-0.25, -0.2) is 4.98 Å². The molecule has 0 radical (unpaired) electrons. The highest BCUT2D eigenvalue weighted by Crippen LogP contribution is 2.27. The van der Waals surface area contributed by atoms with Gasteiger partial charge in [0, 0.05) is 10.9 Å². The van der Waals surface area contributed by atoms with E-state index in [0.717, 1.165) is 4.34 Å². The van der Waals surface area contributed by atoms with Crippen LogP contribution in [0.15, 0.2) is 4.34 Å². The van der Waals surface area contributed by atoms with E-state index in [1.54, 1.807) is 23.3 Å². The van der Waals surface area contributed by atoms with Gasteiger partial charge in [0.15, 0.2) is 4.34 Å². The molecule has 2 rings (SSSR count). The van der Waals surface area contributed by atoms with Gasteiger partial charge in [-0.2, -0.15) is 0 Å². The molecule has 0 amide bonds. The van der Waals surface area contributed by atoms with Gasteiger partial charge in [-0.15, -0.1) is 11.3 Å². The third-order valence-electron chi connectivity index (χ3n) is 2.93. The molecule has 1 aromatic rings. The second-order valence-electron chi connectivity index (χ2n) is 4.18. The number of aromatic nitrogens is 1. The fraction of sp³-hybridized carbons (Fsp3) is 0.727. The highest BCUT2D eigenvalue weighted by molar-refractivity contribution is 7.99. The smallest absolute Gasteiger partial charge is 0.165 e. The molecule has 0 atom stereocenters. The number of nitrogens with one attached hydrogen (secondary N) is 1. The number of aryl methyl sites for hydroxylation is 2. The summed E-state index contributed by atoms with van der Waals surface area (Å²) in [6.45, 7) is 4.22. The lowest BCUT2D eigenvalue weighted by atomic mass is 9.96. The van der Waals surface area contributed by atoms with Crippen LogP contribution in [-0.2, 0) is 0 Å². The summed E-state index contributed by atoms with van der Waals surface area (Å²) < 4.78 is 4.71. The topological polar surface area (TPSA) is 24.9 Å². The molecule has 4 heteroatoms. The van der Waals surface area contributed by atoms with Crippen molar-refractivity contribution in [2.45, 2.75) is 56.3 Å². The van der Waals surface area contributed by atoms with Gasteiger partial charge < -0.3 is 0 Å². The fourth-order valence-corrected chi connectivity index (χ4v) is 3.85. The maximum atomic E-state index is 4.51. The Hall–Kier alpha value is -0.0600. The summed E-state index contributed by atoms with van der Waals surface area (Å²) >= 11 is 3.51. The van der Waals surface area contributed by atoms with Crippen LogP contribution < -0.4 is 4.72 Å². The average Bonchev–Trinajstić information content (AvgIpc) is 2.57. The van der Waals surface area contributed by atoms with Crippen molar-refractivity contribution in [3.63, 3.8) is 0 Å². The molecule has 1 aliphatic rings. The predicted molar refractivity (Wildman–Crippen MR) is 67.5 cm³/mol. The summed E-state index contributed by atoms with van der Waals surface area (Å²) in [6, 6.07) is 0.702. The van der Waals surface area contributed by atoms with Crippen LogP contribution in [0.2, 0.25) is 0 Å². The molecular weight excluding hydrogens is 224 g/mol. The zero-order valence-electron chi connectivity index (χ0n) is 9.38. The number of rotatable bonds is 3. The molecule has 0 aromatic carbocycles. The largest absolute Gasteiger partial charge is 0.255 e. The number of hydrogen-bond acceptors (Lipinski definition) is 4. The van der Waals surface area contributed by atoms with E-state index < -0.39 is 0 Å². The van der Waals surface area contributed by atoms with E-state index in [-0.39, 0.29) is 0 Å². The van der Waals surface area contributed by atoms with E-state index >= 15 is 0 Å². The van der Waals surface area contributed by atoms with Crippen LogP contribution in [0.25, 0.3) is 0 Å². The zero-order chi connectivity index (χ0) is 10.7. The van der Waals surface area contributed by atoms with Crippen molar-refractivity contribution in [3.05, 3.63) is 10.6 Å². The summed E-state index contributed by atoms with van der Waals surface area (Å²) in [4.78, 5) is 5.85. The maximum absolute atomic E-state index is 4.51. The van der Waals surface area contributed by atoms with Crippen molar-refractivity contribution >= 4 is 23.3 Å². The van der Waals surface area contributed by atoms with Gasteiger partial charge in [-0.1, -0.05) is 19.3 Å². The van der Waals surface area contributed by atoms with Crippen LogP contribution >= 0.6 is 23.3 Å². The first-order valence-electron chi connectivity index (χ1n) is 5.62. The lowest BCUT2D eigenvalue weighted by Gasteiger charge is -2.21. The first-order chi connectivity index (χ1) is 7.25. The van der Waals surface area contributed by atoms with E-state index in [2.05, 4.69) is 23.6 Å². The molecule has 1 saturated carbocycles. The maximum Gasteiger partial charge on any atom is 0.165 e. The first kappa shape index (κ1) is 11.4. The minimum atomic E-state index is 0.702. The van der Waals surface area contributed by atoms with Gasteiger partial charge in [0.25, 0.3) is 0 Å². The third-order valence-corrected chi connectivity index (χ3v) is 5.01. The Bertz CT molecular complexity index is 297. The van der Waals surface area contributed by atoms with Gasteiger partial charge in [-0.05, 0) is 38.6 Å². The van der Waals surface area contributed by atoms with Gasteiger partial charge in [0.05, 0.1) is 5.69 Å². The Kier molecular flexibility index (Phi) is 4.05. The van der Waals surface area contributed by atoms with E-state index in [4.69, 9.17) is 0 Å². The van der Waals surface area contributed by atoms with Crippen molar-refractivity contribution in [1.29, 1.82) is 0 Å². The quantitative estimate of drug-likeness (QED) is 0.818. The molecular formula is C11H18N2S2. The Balaban J connectivity index is 1.81. The van der Waals surface area contributed by atoms with Crippen LogP contribution in [0.5, 0.6) is 0 Å². The van der Waals surface area contributed by atoms with Crippen LogP contribution in [0.1, 0.15) is 42.7 Å². The Labute approximate surface area is 100 Å². The molecule has 15 heavy (non-hydrogen) atoms. The molecule has 1 aliphatic carbocycles. The summed E-state index contributed by atoms with van der Waals surface area (Å²) in [7, 11) is 0. The SMILES string of the molecule is Cc1nc(SNC2CCCCC2)sc1C. The Morgan fingerprint density at radius 2 is 2.00 bits per heavy atom. The number of nitrogens with zero attached hydrogens (tertiary/aromatic N) is 1. The first-order valence-corrected chi connectivity index (χ1v) is 7.25. The normalized spacial score (nSPS) is 18.3. The van der Waals surface area contributed by atoms with Crippen LogP contribution in [0.4, 0.5) is 0 Å². The second-order valence-corrected chi connectivity index (χ2v) is 6.46. The van der Waals surface area contributed by atoms with E-state index in [0.29, 0.717) is 6.04 Å². The standard InChI is InChI=1S/C11H18N2S2/c1-8-9(2)14-11(12-8)15-13-10-6-4-3-5-7-10/h10,13H,3-7H2,1-2H3. The van der Waals surface area contributed by atoms with Gasteiger partial charge >= 0.3 is 0 Å². The molecule has 0 aliphatic heterocycles. The molecule has 1 heterocycles. The highest BCUT2D eigenvalue weighted by Gasteiger charge is 2.14. The molecule has 0 spiro atoms. The van der Waals surface area contributed by atoms with Gasteiger partial charge in [-0.3, -0.25) is 4.72 Å². The minimum Gasteiger partial charge on any atom is -0.255 e. The van der Waals surface area contributed by atoms with Gasteiger partial charge in [0.2, 0.25) is 0 Å². The molecule has 0 bridgehead atoms. The number of thiazole rings is 1.